The minimum Gasteiger partial charge on any atom is -0.497 e. The van der Waals surface area contributed by atoms with E-state index in [-0.39, 0.29) is 18.6 Å². The molecule has 4 nitrogen and oxygen atoms in total. The lowest BCUT2D eigenvalue weighted by Crippen LogP contribution is -2.31. The van der Waals surface area contributed by atoms with Gasteiger partial charge in [-0.05, 0) is 55.0 Å². The fourth-order valence-electron chi connectivity index (χ4n) is 3.07. The molecule has 1 amide bonds. The van der Waals surface area contributed by atoms with Gasteiger partial charge in [-0.1, -0.05) is 24.3 Å². The highest BCUT2D eigenvalue weighted by Gasteiger charge is 2.15. The number of benzene rings is 2. The first kappa shape index (κ1) is 16.4. The number of hydrogen-bond donors (Lipinski definition) is 1. The Labute approximate surface area is 142 Å². The molecule has 1 aliphatic carbocycles. The van der Waals surface area contributed by atoms with E-state index in [2.05, 4.69) is 23.5 Å². The molecule has 3 rings (SSSR count). The maximum Gasteiger partial charge on any atom is 0.258 e. The molecular weight excluding hydrogens is 302 g/mol. The van der Waals surface area contributed by atoms with E-state index >= 15 is 0 Å². The van der Waals surface area contributed by atoms with Crippen molar-refractivity contribution >= 4 is 5.91 Å². The Balaban J connectivity index is 1.54. The third kappa shape index (κ3) is 3.88. The van der Waals surface area contributed by atoms with Crippen LogP contribution in [-0.2, 0) is 17.6 Å². The summed E-state index contributed by atoms with van der Waals surface area (Å²) in [5, 5.41) is 2.99. The van der Waals surface area contributed by atoms with Crippen LogP contribution in [0, 0.1) is 0 Å². The normalized spacial score (nSPS) is 13.9. The highest BCUT2D eigenvalue weighted by Crippen LogP contribution is 2.25. The molecule has 0 fully saturated rings. The molecule has 24 heavy (non-hydrogen) atoms. The number of nitrogens with one attached hydrogen (secondary N) is 1. The number of methoxy groups -OCH3 is 1. The Bertz CT molecular complexity index is 727. The molecule has 0 heterocycles. The minimum atomic E-state index is -0.134. The standard InChI is InChI=1S/C20H23NO3/c1-14(16-10-9-15-5-3-6-17(15)11-16)21-20(22)13-24-19-8-4-7-18(12-19)23-2/h4,7-12,14H,3,5-6,13H2,1-2H3,(H,21,22)/t14-/m0/s1. The summed E-state index contributed by atoms with van der Waals surface area (Å²) in [5.41, 5.74) is 4.00. The predicted molar refractivity (Wildman–Crippen MR) is 93.5 cm³/mol. The first-order valence-corrected chi connectivity index (χ1v) is 8.33. The second kappa shape index (κ2) is 7.39. The van der Waals surface area contributed by atoms with E-state index in [9.17, 15) is 4.79 Å². The molecule has 4 heteroatoms. The van der Waals surface area contributed by atoms with Gasteiger partial charge in [-0.25, -0.2) is 0 Å². The van der Waals surface area contributed by atoms with Crippen LogP contribution in [0.25, 0.3) is 0 Å². The van der Waals surface area contributed by atoms with E-state index in [1.54, 1.807) is 19.2 Å². The highest BCUT2D eigenvalue weighted by atomic mass is 16.5. The summed E-state index contributed by atoms with van der Waals surface area (Å²) < 4.78 is 10.7. The van der Waals surface area contributed by atoms with Gasteiger partial charge in [0.05, 0.1) is 13.2 Å². The van der Waals surface area contributed by atoms with Gasteiger partial charge in [0, 0.05) is 6.07 Å². The minimum absolute atomic E-state index is 0.0115. The van der Waals surface area contributed by atoms with Gasteiger partial charge in [0.25, 0.3) is 5.91 Å². The molecular formula is C20H23NO3. The van der Waals surface area contributed by atoms with E-state index in [0.717, 1.165) is 12.0 Å². The van der Waals surface area contributed by atoms with Crippen molar-refractivity contribution in [3.8, 4) is 11.5 Å². The van der Waals surface area contributed by atoms with Gasteiger partial charge in [0.1, 0.15) is 11.5 Å². The summed E-state index contributed by atoms with van der Waals surface area (Å²) in [6.45, 7) is 1.99. The lowest BCUT2D eigenvalue weighted by molar-refractivity contribution is -0.123. The average Bonchev–Trinajstić information content (AvgIpc) is 3.07. The first-order valence-electron chi connectivity index (χ1n) is 8.33. The number of amides is 1. The Morgan fingerprint density at radius 1 is 1.12 bits per heavy atom. The van der Waals surface area contributed by atoms with Crippen molar-refractivity contribution in [2.75, 3.05) is 13.7 Å². The van der Waals surface area contributed by atoms with E-state index < -0.39 is 0 Å². The second-order valence-corrected chi connectivity index (χ2v) is 6.14. The molecule has 1 atom stereocenters. The molecule has 0 saturated carbocycles. The van der Waals surface area contributed by atoms with Crippen LogP contribution >= 0.6 is 0 Å². The molecule has 0 saturated heterocycles. The van der Waals surface area contributed by atoms with Gasteiger partial charge < -0.3 is 14.8 Å². The number of rotatable bonds is 6. The van der Waals surface area contributed by atoms with Crippen molar-refractivity contribution in [1.29, 1.82) is 0 Å². The topological polar surface area (TPSA) is 47.6 Å². The summed E-state index contributed by atoms with van der Waals surface area (Å²) in [7, 11) is 1.60. The summed E-state index contributed by atoms with van der Waals surface area (Å²) in [4.78, 5) is 12.1. The van der Waals surface area contributed by atoms with E-state index in [4.69, 9.17) is 9.47 Å². The van der Waals surface area contributed by atoms with E-state index in [1.807, 2.05) is 19.1 Å². The molecule has 2 aromatic carbocycles. The van der Waals surface area contributed by atoms with Crippen molar-refractivity contribution in [3.05, 3.63) is 59.2 Å². The van der Waals surface area contributed by atoms with Crippen LogP contribution in [0.5, 0.6) is 11.5 Å². The fraction of sp³-hybridized carbons (Fsp3) is 0.350. The van der Waals surface area contributed by atoms with Gasteiger partial charge in [-0.15, -0.1) is 0 Å². The lowest BCUT2D eigenvalue weighted by Gasteiger charge is -2.16. The largest absolute Gasteiger partial charge is 0.497 e. The number of fused-ring (bicyclic) bond motifs is 1. The molecule has 1 aliphatic rings. The van der Waals surface area contributed by atoms with Gasteiger partial charge in [-0.3, -0.25) is 4.79 Å². The number of carbonyl (C=O) groups is 1. The van der Waals surface area contributed by atoms with Crippen LogP contribution in [0.4, 0.5) is 0 Å². The molecule has 0 unspecified atom stereocenters. The maximum absolute atomic E-state index is 12.1. The SMILES string of the molecule is COc1cccc(OCC(=O)N[C@@H](C)c2ccc3c(c2)CCC3)c1. The van der Waals surface area contributed by atoms with E-state index in [0.29, 0.717) is 11.5 Å². The van der Waals surface area contributed by atoms with Crippen LogP contribution in [0.15, 0.2) is 42.5 Å². The Hall–Kier alpha value is -2.49. The molecule has 0 aliphatic heterocycles. The molecule has 2 aromatic rings. The summed E-state index contributed by atoms with van der Waals surface area (Å²) in [6.07, 6.45) is 3.54. The van der Waals surface area contributed by atoms with Crippen molar-refractivity contribution in [2.24, 2.45) is 0 Å². The Kier molecular flexibility index (Phi) is 5.04. The fourth-order valence-corrected chi connectivity index (χ4v) is 3.07. The number of aryl methyl sites for hydroxylation is 2. The zero-order chi connectivity index (χ0) is 16.9. The Morgan fingerprint density at radius 3 is 2.75 bits per heavy atom. The molecule has 126 valence electrons. The molecule has 1 N–H and O–H groups in total. The predicted octanol–water partition coefficient (Wildman–Crippen LogP) is 3.44. The van der Waals surface area contributed by atoms with Crippen LogP contribution in [0.1, 0.15) is 36.1 Å². The second-order valence-electron chi connectivity index (χ2n) is 6.14. The van der Waals surface area contributed by atoms with Crippen molar-refractivity contribution in [1.82, 2.24) is 5.32 Å². The number of hydrogen-bond acceptors (Lipinski definition) is 3. The van der Waals surface area contributed by atoms with Gasteiger partial charge in [0.15, 0.2) is 6.61 Å². The third-order valence-electron chi connectivity index (χ3n) is 4.41. The highest BCUT2D eigenvalue weighted by molar-refractivity contribution is 5.78. The van der Waals surface area contributed by atoms with Gasteiger partial charge in [0.2, 0.25) is 0 Å². The molecule has 0 aromatic heterocycles. The van der Waals surface area contributed by atoms with Crippen molar-refractivity contribution in [3.63, 3.8) is 0 Å². The molecule has 0 spiro atoms. The quantitative estimate of drug-likeness (QED) is 0.885. The smallest absolute Gasteiger partial charge is 0.258 e. The lowest BCUT2D eigenvalue weighted by atomic mass is 10.0. The maximum atomic E-state index is 12.1. The van der Waals surface area contributed by atoms with Crippen LogP contribution < -0.4 is 14.8 Å². The van der Waals surface area contributed by atoms with Crippen LogP contribution in [0.2, 0.25) is 0 Å². The third-order valence-corrected chi connectivity index (χ3v) is 4.41. The van der Waals surface area contributed by atoms with Gasteiger partial charge >= 0.3 is 0 Å². The zero-order valence-electron chi connectivity index (χ0n) is 14.2. The molecule has 0 bridgehead atoms. The average molecular weight is 325 g/mol. The Morgan fingerprint density at radius 2 is 1.92 bits per heavy atom. The summed E-state index contributed by atoms with van der Waals surface area (Å²) in [5.74, 6) is 1.19. The summed E-state index contributed by atoms with van der Waals surface area (Å²) >= 11 is 0. The molecule has 0 radical (unpaired) electrons. The monoisotopic (exact) mass is 325 g/mol. The number of ether oxygens (including phenoxy) is 2. The first-order chi connectivity index (χ1) is 11.7. The van der Waals surface area contributed by atoms with Crippen LogP contribution in [0.3, 0.4) is 0 Å². The van der Waals surface area contributed by atoms with Crippen molar-refractivity contribution in [2.45, 2.75) is 32.2 Å². The van der Waals surface area contributed by atoms with Crippen molar-refractivity contribution < 1.29 is 14.3 Å². The zero-order valence-corrected chi connectivity index (χ0v) is 14.2. The van der Waals surface area contributed by atoms with E-state index in [1.165, 1.54) is 24.0 Å². The number of carbonyl (C=O) groups excluding carboxylic acids is 1. The summed E-state index contributed by atoms with van der Waals surface area (Å²) in [6, 6.07) is 13.7. The van der Waals surface area contributed by atoms with Gasteiger partial charge in [-0.2, -0.15) is 0 Å². The van der Waals surface area contributed by atoms with Crippen LogP contribution in [-0.4, -0.2) is 19.6 Å².